The van der Waals surface area contributed by atoms with Gasteiger partial charge in [0.2, 0.25) is 11.8 Å². The van der Waals surface area contributed by atoms with E-state index in [9.17, 15) is 9.59 Å². The molecule has 29 heavy (non-hydrogen) atoms. The first kappa shape index (κ1) is 21.8. The van der Waals surface area contributed by atoms with E-state index in [0.717, 1.165) is 44.5 Å². The number of carbonyl (C=O) groups is 2. The molecule has 0 bridgehead atoms. The molecule has 0 radical (unpaired) electrons. The van der Waals surface area contributed by atoms with Crippen molar-refractivity contribution in [1.82, 2.24) is 15.1 Å². The summed E-state index contributed by atoms with van der Waals surface area (Å²) in [5.41, 5.74) is 1.06. The SMILES string of the molecule is CCC(C)CNC(=O)C(C1CCCC1)N1CCN(C(=O)Cc2ccccc2)CC1. The number of amides is 2. The van der Waals surface area contributed by atoms with Crippen molar-refractivity contribution in [3.63, 3.8) is 0 Å². The van der Waals surface area contributed by atoms with Gasteiger partial charge in [-0.2, -0.15) is 0 Å². The molecule has 2 atom stereocenters. The highest BCUT2D eigenvalue weighted by molar-refractivity contribution is 5.82. The van der Waals surface area contributed by atoms with E-state index in [-0.39, 0.29) is 17.9 Å². The Morgan fingerprint density at radius 3 is 2.34 bits per heavy atom. The highest BCUT2D eigenvalue weighted by atomic mass is 16.2. The van der Waals surface area contributed by atoms with E-state index in [0.29, 0.717) is 31.3 Å². The van der Waals surface area contributed by atoms with E-state index in [2.05, 4.69) is 24.1 Å². The lowest BCUT2D eigenvalue weighted by Crippen LogP contribution is -2.58. The van der Waals surface area contributed by atoms with Crippen LogP contribution in [0.2, 0.25) is 0 Å². The molecule has 1 aromatic rings. The van der Waals surface area contributed by atoms with Crippen LogP contribution in [0.3, 0.4) is 0 Å². The van der Waals surface area contributed by atoms with Crippen LogP contribution in [0.4, 0.5) is 0 Å². The van der Waals surface area contributed by atoms with Crippen molar-refractivity contribution in [2.75, 3.05) is 32.7 Å². The summed E-state index contributed by atoms with van der Waals surface area (Å²) in [4.78, 5) is 30.1. The van der Waals surface area contributed by atoms with Gasteiger partial charge >= 0.3 is 0 Å². The highest BCUT2D eigenvalue weighted by Gasteiger charge is 2.37. The summed E-state index contributed by atoms with van der Waals surface area (Å²) < 4.78 is 0. The van der Waals surface area contributed by atoms with E-state index in [1.165, 1.54) is 12.8 Å². The van der Waals surface area contributed by atoms with Crippen molar-refractivity contribution in [1.29, 1.82) is 0 Å². The number of rotatable bonds is 8. The van der Waals surface area contributed by atoms with E-state index in [1.807, 2.05) is 35.2 Å². The van der Waals surface area contributed by atoms with Gasteiger partial charge in [0.25, 0.3) is 0 Å². The van der Waals surface area contributed by atoms with Gasteiger partial charge in [-0.1, -0.05) is 63.4 Å². The van der Waals surface area contributed by atoms with E-state index >= 15 is 0 Å². The fraction of sp³-hybridized carbons (Fsp3) is 0.667. The quantitative estimate of drug-likeness (QED) is 0.731. The summed E-state index contributed by atoms with van der Waals surface area (Å²) in [5, 5.41) is 3.21. The Balaban J connectivity index is 1.56. The summed E-state index contributed by atoms with van der Waals surface area (Å²) in [6.07, 6.45) is 6.30. The predicted octanol–water partition coefficient (Wildman–Crippen LogP) is 3.09. The second-order valence-electron chi connectivity index (χ2n) is 8.83. The van der Waals surface area contributed by atoms with Crippen molar-refractivity contribution < 1.29 is 9.59 Å². The lowest BCUT2D eigenvalue weighted by Gasteiger charge is -2.41. The molecule has 1 aromatic carbocycles. The van der Waals surface area contributed by atoms with E-state index in [1.54, 1.807) is 0 Å². The number of carbonyl (C=O) groups excluding carboxylic acids is 2. The third-order valence-electron chi connectivity index (χ3n) is 6.70. The molecule has 1 heterocycles. The fourth-order valence-electron chi connectivity index (χ4n) is 4.61. The minimum absolute atomic E-state index is 0.0343. The van der Waals surface area contributed by atoms with Gasteiger partial charge in [-0.15, -0.1) is 0 Å². The third kappa shape index (κ3) is 6.05. The van der Waals surface area contributed by atoms with Crippen LogP contribution < -0.4 is 5.32 Å². The van der Waals surface area contributed by atoms with Gasteiger partial charge < -0.3 is 10.2 Å². The number of hydrogen-bond donors (Lipinski definition) is 1. The normalized spacial score (nSPS) is 20.4. The fourth-order valence-corrected chi connectivity index (χ4v) is 4.61. The topological polar surface area (TPSA) is 52.7 Å². The van der Waals surface area contributed by atoms with Crippen LogP contribution in [-0.2, 0) is 16.0 Å². The molecule has 1 aliphatic carbocycles. The summed E-state index contributed by atoms with van der Waals surface area (Å²) in [6, 6.07) is 9.91. The lowest BCUT2D eigenvalue weighted by molar-refractivity contribution is -0.134. The van der Waals surface area contributed by atoms with Gasteiger partial charge in [-0.25, -0.2) is 0 Å². The standard InChI is InChI=1S/C24H37N3O2/c1-3-19(2)18-25-24(29)23(21-11-7-8-12-21)27-15-13-26(14-16-27)22(28)17-20-9-5-4-6-10-20/h4-6,9-10,19,21,23H,3,7-8,11-18H2,1-2H3,(H,25,29). The van der Waals surface area contributed by atoms with Crippen LogP contribution in [0.5, 0.6) is 0 Å². The highest BCUT2D eigenvalue weighted by Crippen LogP contribution is 2.31. The van der Waals surface area contributed by atoms with Crippen molar-refractivity contribution in [2.45, 2.75) is 58.4 Å². The van der Waals surface area contributed by atoms with Gasteiger partial charge in [0, 0.05) is 32.7 Å². The summed E-state index contributed by atoms with van der Waals surface area (Å²) in [7, 11) is 0. The maximum absolute atomic E-state index is 13.1. The van der Waals surface area contributed by atoms with Crippen LogP contribution in [0.25, 0.3) is 0 Å². The number of benzene rings is 1. The zero-order valence-corrected chi connectivity index (χ0v) is 18.1. The monoisotopic (exact) mass is 399 g/mol. The number of nitrogens with zero attached hydrogens (tertiary/aromatic N) is 2. The van der Waals surface area contributed by atoms with Crippen molar-refractivity contribution >= 4 is 11.8 Å². The zero-order chi connectivity index (χ0) is 20.6. The molecule has 3 rings (SSSR count). The molecule has 1 aliphatic heterocycles. The second kappa shape index (κ2) is 10.8. The average Bonchev–Trinajstić information content (AvgIpc) is 3.27. The van der Waals surface area contributed by atoms with Gasteiger partial charge in [0.05, 0.1) is 12.5 Å². The molecular formula is C24H37N3O2. The van der Waals surface area contributed by atoms with Crippen LogP contribution in [0.15, 0.2) is 30.3 Å². The average molecular weight is 400 g/mol. The van der Waals surface area contributed by atoms with Crippen LogP contribution >= 0.6 is 0 Å². The van der Waals surface area contributed by atoms with Gasteiger partial charge in [-0.05, 0) is 30.2 Å². The summed E-state index contributed by atoms with van der Waals surface area (Å²) >= 11 is 0. The third-order valence-corrected chi connectivity index (χ3v) is 6.70. The minimum atomic E-state index is -0.0343. The Kier molecular flexibility index (Phi) is 8.10. The molecule has 160 valence electrons. The molecule has 1 saturated heterocycles. The Morgan fingerprint density at radius 1 is 1.07 bits per heavy atom. The molecule has 5 nitrogen and oxygen atoms in total. The molecule has 1 saturated carbocycles. The molecule has 2 amide bonds. The Hall–Kier alpha value is -1.88. The predicted molar refractivity (Wildman–Crippen MR) is 117 cm³/mol. The van der Waals surface area contributed by atoms with E-state index in [4.69, 9.17) is 0 Å². The van der Waals surface area contributed by atoms with Gasteiger partial charge in [-0.3, -0.25) is 14.5 Å². The maximum atomic E-state index is 13.1. The molecule has 5 heteroatoms. The molecular weight excluding hydrogens is 362 g/mol. The zero-order valence-electron chi connectivity index (χ0n) is 18.1. The molecule has 0 spiro atoms. The second-order valence-corrected chi connectivity index (χ2v) is 8.83. The van der Waals surface area contributed by atoms with Crippen LogP contribution in [0, 0.1) is 11.8 Å². The van der Waals surface area contributed by atoms with Crippen molar-refractivity contribution in [3.05, 3.63) is 35.9 Å². The van der Waals surface area contributed by atoms with Crippen LogP contribution in [0.1, 0.15) is 51.5 Å². The number of hydrogen-bond acceptors (Lipinski definition) is 3. The maximum Gasteiger partial charge on any atom is 0.237 e. The molecule has 2 aliphatic rings. The molecule has 2 fully saturated rings. The van der Waals surface area contributed by atoms with Gasteiger partial charge in [0.15, 0.2) is 0 Å². The smallest absolute Gasteiger partial charge is 0.237 e. The Morgan fingerprint density at radius 2 is 1.72 bits per heavy atom. The largest absolute Gasteiger partial charge is 0.354 e. The summed E-state index contributed by atoms with van der Waals surface area (Å²) in [6.45, 7) is 8.12. The van der Waals surface area contributed by atoms with Crippen molar-refractivity contribution in [3.8, 4) is 0 Å². The number of piperazine rings is 1. The first-order valence-electron chi connectivity index (χ1n) is 11.4. The lowest BCUT2D eigenvalue weighted by atomic mass is 9.94. The Labute approximate surface area is 175 Å². The molecule has 2 unspecified atom stereocenters. The van der Waals surface area contributed by atoms with Gasteiger partial charge in [0.1, 0.15) is 0 Å². The number of nitrogens with one attached hydrogen (secondary N) is 1. The summed E-state index contributed by atoms with van der Waals surface area (Å²) in [5.74, 6) is 1.35. The molecule has 0 aromatic heterocycles. The minimum Gasteiger partial charge on any atom is -0.354 e. The Bertz CT molecular complexity index is 649. The molecule has 1 N–H and O–H groups in total. The van der Waals surface area contributed by atoms with Crippen LogP contribution in [-0.4, -0.2) is 60.4 Å². The first-order valence-corrected chi connectivity index (χ1v) is 11.4. The van der Waals surface area contributed by atoms with Crippen molar-refractivity contribution in [2.24, 2.45) is 11.8 Å². The van der Waals surface area contributed by atoms with E-state index < -0.39 is 0 Å². The first-order chi connectivity index (χ1) is 14.1.